The molecule has 0 heterocycles. The number of sulfonamides is 1. The zero-order chi connectivity index (χ0) is 21.6. The van der Waals surface area contributed by atoms with Crippen molar-refractivity contribution in [3.8, 4) is 0 Å². The number of carbonyl (C=O) groups excluding carboxylic acids is 2. The summed E-state index contributed by atoms with van der Waals surface area (Å²) in [5.74, 6) is -0.905. The van der Waals surface area contributed by atoms with Crippen LogP contribution in [-0.4, -0.2) is 33.3 Å². The first-order chi connectivity index (χ1) is 13.6. The zero-order valence-electron chi connectivity index (χ0n) is 17.0. The van der Waals surface area contributed by atoms with Crippen molar-refractivity contribution in [1.82, 2.24) is 15.4 Å². The topological polar surface area (TPSA) is 104 Å². The Morgan fingerprint density at radius 1 is 1.03 bits per heavy atom. The second-order valence-electron chi connectivity index (χ2n) is 7.15. The van der Waals surface area contributed by atoms with Gasteiger partial charge in [-0.2, -0.15) is 4.72 Å². The van der Waals surface area contributed by atoms with Crippen LogP contribution in [0.5, 0.6) is 0 Å². The van der Waals surface area contributed by atoms with Crippen molar-refractivity contribution >= 4 is 21.8 Å². The van der Waals surface area contributed by atoms with E-state index in [0.717, 1.165) is 11.1 Å². The van der Waals surface area contributed by atoms with Gasteiger partial charge in [-0.3, -0.25) is 9.59 Å². The summed E-state index contributed by atoms with van der Waals surface area (Å²) in [5, 5.41) is 5.30. The van der Waals surface area contributed by atoms with Gasteiger partial charge in [0.15, 0.2) is 0 Å². The molecule has 0 fully saturated rings. The van der Waals surface area contributed by atoms with E-state index in [1.807, 2.05) is 6.92 Å². The molecule has 1 atom stereocenters. The Labute approximate surface area is 172 Å². The van der Waals surface area contributed by atoms with Crippen molar-refractivity contribution in [2.75, 3.05) is 7.05 Å². The maximum atomic E-state index is 12.7. The smallest absolute Gasteiger partial charge is 0.251 e. The molecule has 0 saturated carbocycles. The Morgan fingerprint density at radius 2 is 1.69 bits per heavy atom. The van der Waals surface area contributed by atoms with Crippen molar-refractivity contribution < 1.29 is 18.0 Å². The number of nitrogens with one attached hydrogen (secondary N) is 3. The molecule has 0 aliphatic rings. The first kappa shape index (κ1) is 22.6. The molecule has 3 N–H and O–H groups in total. The van der Waals surface area contributed by atoms with Crippen LogP contribution in [0.4, 0.5) is 0 Å². The monoisotopic (exact) mass is 417 g/mol. The molecule has 0 unspecified atom stereocenters. The molecule has 156 valence electrons. The third-order valence-electron chi connectivity index (χ3n) is 4.45. The van der Waals surface area contributed by atoms with Gasteiger partial charge in [-0.25, -0.2) is 8.42 Å². The second kappa shape index (κ2) is 9.67. The average molecular weight is 418 g/mol. The summed E-state index contributed by atoms with van der Waals surface area (Å²) in [6, 6.07) is 12.4. The van der Waals surface area contributed by atoms with Gasteiger partial charge in [0.05, 0.1) is 4.90 Å². The van der Waals surface area contributed by atoms with Gasteiger partial charge in [0, 0.05) is 19.2 Å². The maximum Gasteiger partial charge on any atom is 0.251 e. The molecule has 0 saturated heterocycles. The summed E-state index contributed by atoms with van der Waals surface area (Å²) in [6.45, 7) is 5.59. The van der Waals surface area contributed by atoms with Crippen LogP contribution in [0.2, 0.25) is 0 Å². The van der Waals surface area contributed by atoms with Crippen LogP contribution in [0.15, 0.2) is 53.4 Å². The standard InChI is InChI=1S/C21H27N3O4S/c1-14(2)19(24-29(27,28)18-10-8-15(3)9-11-18)21(26)23-13-16-6-5-7-17(12-16)20(25)22-4/h5-12,14,19,24H,13H2,1-4H3,(H,22,25)(H,23,26)/t19-/m1/s1. The minimum Gasteiger partial charge on any atom is -0.355 e. The minimum atomic E-state index is -3.83. The number of benzene rings is 2. The molecular formula is C21H27N3O4S. The van der Waals surface area contributed by atoms with Gasteiger partial charge >= 0.3 is 0 Å². The summed E-state index contributed by atoms with van der Waals surface area (Å²) < 4.78 is 27.8. The minimum absolute atomic E-state index is 0.111. The molecule has 29 heavy (non-hydrogen) atoms. The lowest BCUT2D eigenvalue weighted by molar-refractivity contribution is -0.123. The summed E-state index contributed by atoms with van der Waals surface area (Å²) in [7, 11) is -2.29. The third-order valence-corrected chi connectivity index (χ3v) is 5.90. The SMILES string of the molecule is CNC(=O)c1cccc(CNC(=O)[C@H](NS(=O)(=O)c2ccc(C)cc2)C(C)C)c1. The van der Waals surface area contributed by atoms with Crippen LogP contribution < -0.4 is 15.4 Å². The first-order valence-corrected chi connectivity index (χ1v) is 10.8. The number of carbonyl (C=O) groups is 2. The molecule has 0 bridgehead atoms. The fourth-order valence-electron chi connectivity index (χ4n) is 2.71. The van der Waals surface area contributed by atoms with E-state index in [9.17, 15) is 18.0 Å². The molecule has 2 amide bonds. The van der Waals surface area contributed by atoms with Gasteiger partial charge in [-0.1, -0.05) is 43.7 Å². The lowest BCUT2D eigenvalue weighted by atomic mass is 10.0. The van der Waals surface area contributed by atoms with E-state index < -0.39 is 22.0 Å². The summed E-state index contributed by atoms with van der Waals surface area (Å²) >= 11 is 0. The number of hydrogen-bond donors (Lipinski definition) is 3. The largest absolute Gasteiger partial charge is 0.355 e. The van der Waals surface area contributed by atoms with Crippen LogP contribution in [-0.2, 0) is 21.4 Å². The van der Waals surface area contributed by atoms with Gasteiger partial charge < -0.3 is 10.6 Å². The predicted molar refractivity (Wildman–Crippen MR) is 112 cm³/mol. The number of aryl methyl sites for hydroxylation is 1. The summed E-state index contributed by atoms with van der Waals surface area (Å²) in [4.78, 5) is 24.5. The van der Waals surface area contributed by atoms with Crippen molar-refractivity contribution in [3.63, 3.8) is 0 Å². The van der Waals surface area contributed by atoms with Crippen molar-refractivity contribution in [2.24, 2.45) is 5.92 Å². The number of rotatable bonds is 8. The van der Waals surface area contributed by atoms with Crippen LogP contribution in [0, 0.1) is 12.8 Å². The van der Waals surface area contributed by atoms with E-state index in [-0.39, 0.29) is 23.3 Å². The van der Waals surface area contributed by atoms with Crippen molar-refractivity contribution in [3.05, 3.63) is 65.2 Å². The molecule has 0 spiro atoms. The maximum absolute atomic E-state index is 12.7. The van der Waals surface area contributed by atoms with Gasteiger partial charge in [0.25, 0.3) is 5.91 Å². The van der Waals surface area contributed by atoms with E-state index in [0.29, 0.717) is 5.56 Å². The van der Waals surface area contributed by atoms with Gasteiger partial charge in [0.2, 0.25) is 15.9 Å². The van der Waals surface area contributed by atoms with E-state index >= 15 is 0 Å². The molecule has 0 aliphatic heterocycles. The van der Waals surface area contributed by atoms with Crippen LogP contribution >= 0.6 is 0 Å². The van der Waals surface area contributed by atoms with Crippen LogP contribution in [0.25, 0.3) is 0 Å². The van der Waals surface area contributed by atoms with Crippen molar-refractivity contribution in [2.45, 2.75) is 38.3 Å². The van der Waals surface area contributed by atoms with E-state index in [2.05, 4.69) is 15.4 Å². The van der Waals surface area contributed by atoms with E-state index in [1.54, 1.807) is 57.3 Å². The summed E-state index contributed by atoms with van der Waals surface area (Å²) in [6.07, 6.45) is 0. The van der Waals surface area contributed by atoms with Crippen molar-refractivity contribution in [1.29, 1.82) is 0 Å². The Hall–Kier alpha value is -2.71. The highest BCUT2D eigenvalue weighted by atomic mass is 32.2. The lowest BCUT2D eigenvalue weighted by Crippen LogP contribution is -2.49. The molecule has 0 radical (unpaired) electrons. The zero-order valence-corrected chi connectivity index (χ0v) is 17.8. The highest BCUT2D eigenvalue weighted by molar-refractivity contribution is 7.89. The Morgan fingerprint density at radius 3 is 2.28 bits per heavy atom. The molecule has 2 rings (SSSR count). The molecule has 0 aromatic heterocycles. The van der Waals surface area contributed by atoms with Gasteiger partial charge in [-0.15, -0.1) is 0 Å². The third kappa shape index (κ3) is 6.13. The number of amides is 2. The second-order valence-corrected chi connectivity index (χ2v) is 8.87. The molecule has 8 heteroatoms. The summed E-state index contributed by atoms with van der Waals surface area (Å²) in [5.41, 5.74) is 2.17. The van der Waals surface area contributed by atoms with Crippen LogP contribution in [0.3, 0.4) is 0 Å². The molecule has 2 aromatic rings. The normalized spacial score (nSPS) is 12.4. The first-order valence-electron chi connectivity index (χ1n) is 9.32. The number of hydrogen-bond acceptors (Lipinski definition) is 4. The Bertz CT molecular complexity index is 970. The molecule has 0 aliphatic carbocycles. The fourth-order valence-corrected chi connectivity index (χ4v) is 4.05. The average Bonchev–Trinajstić information content (AvgIpc) is 2.70. The molecule has 7 nitrogen and oxygen atoms in total. The van der Waals surface area contributed by atoms with E-state index in [1.165, 1.54) is 12.1 Å². The highest BCUT2D eigenvalue weighted by Gasteiger charge is 2.28. The predicted octanol–water partition coefficient (Wildman–Crippen LogP) is 1.97. The van der Waals surface area contributed by atoms with Crippen LogP contribution in [0.1, 0.15) is 35.3 Å². The quantitative estimate of drug-likeness (QED) is 0.611. The fraction of sp³-hybridized carbons (Fsp3) is 0.333. The molecule has 2 aromatic carbocycles. The van der Waals surface area contributed by atoms with E-state index in [4.69, 9.17) is 0 Å². The highest BCUT2D eigenvalue weighted by Crippen LogP contribution is 2.13. The van der Waals surface area contributed by atoms with Gasteiger partial charge in [-0.05, 0) is 42.7 Å². The molecular weight excluding hydrogens is 390 g/mol. The Kier molecular flexibility index (Phi) is 7.53. The lowest BCUT2D eigenvalue weighted by Gasteiger charge is -2.22. The van der Waals surface area contributed by atoms with Gasteiger partial charge in [0.1, 0.15) is 6.04 Å². The Balaban J connectivity index is 2.10.